The molecular formula is C15H24N2. The van der Waals surface area contributed by atoms with E-state index in [-0.39, 0.29) is 0 Å². The van der Waals surface area contributed by atoms with Gasteiger partial charge in [0.15, 0.2) is 0 Å². The third-order valence-electron chi connectivity index (χ3n) is 2.31. The molecule has 2 nitrogen and oxygen atoms in total. The summed E-state index contributed by atoms with van der Waals surface area (Å²) in [6, 6.07) is 0. The molecule has 17 heavy (non-hydrogen) atoms. The van der Waals surface area contributed by atoms with Crippen LogP contribution >= 0.6 is 0 Å². The molecule has 0 radical (unpaired) electrons. The Hall–Kier alpha value is -1.57. The summed E-state index contributed by atoms with van der Waals surface area (Å²) in [7, 11) is 0. The topological polar surface area (TPSA) is 24.4 Å². The van der Waals surface area contributed by atoms with Gasteiger partial charge in [0.2, 0.25) is 0 Å². The average Bonchev–Trinajstić information content (AvgIpc) is 2.35. The van der Waals surface area contributed by atoms with Crippen molar-refractivity contribution < 1.29 is 0 Å². The van der Waals surface area contributed by atoms with Gasteiger partial charge in [-0.25, -0.2) is 0 Å². The first-order valence-electron chi connectivity index (χ1n) is 6.13. The van der Waals surface area contributed by atoms with Crippen LogP contribution in [0.3, 0.4) is 0 Å². The Morgan fingerprint density at radius 3 is 2.47 bits per heavy atom. The fourth-order valence-corrected chi connectivity index (χ4v) is 1.09. The molecule has 0 fully saturated rings. The second kappa shape index (κ2) is 9.64. The van der Waals surface area contributed by atoms with Crippen molar-refractivity contribution in [3.63, 3.8) is 0 Å². The molecule has 0 amide bonds. The Morgan fingerprint density at radius 2 is 1.94 bits per heavy atom. The van der Waals surface area contributed by atoms with Crippen LogP contribution in [-0.2, 0) is 0 Å². The van der Waals surface area contributed by atoms with Gasteiger partial charge in [-0.05, 0) is 30.9 Å². The highest BCUT2D eigenvalue weighted by Crippen LogP contribution is 2.09. The molecule has 0 rings (SSSR count). The fraction of sp³-hybridized carbons (Fsp3) is 0.400. The SMILES string of the molecule is C=C(/C=C\C(=C/C)C(=C)/C=N\NCCC)CC. The van der Waals surface area contributed by atoms with Gasteiger partial charge in [-0.3, -0.25) is 0 Å². The zero-order valence-electron chi connectivity index (χ0n) is 11.3. The first-order chi connectivity index (χ1) is 8.15. The standard InChI is InChI=1S/C15H24N2/c1-6-11-16-17-12-14(5)15(8-3)10-9-13(4)7-2/h8-10,12,16H,4-7,11H2,1-3H3/b10-9-,15-8+,17-12-. The van der Waals surface area contributed by atoms with E-state index in [0.29, 0.717) is 0 Å². The van der Waals surface area contributed by atoms with Crippen molar-refractivity contribution in [3.8, 4) is 0 Å². The Bertz CT molecular complexity index is 333. The highest BCUT2D eigenvalue weighted by molar-refractivity contribution is 5.84. The first-order valence-corrected chi connectivity index (χ1v) is 6.13. The Labute approximate surface area is 106 Å². The molecule has 2 heteroatoms. The minimum absolute atomic E-state index is 0.886. The van der Waals surface area contributed by atoms with E-state index in [1.54, 1.807) is 6.21 Å². The zero-order chi connectivity index (χ0) is 13.1. The van der Waals surface area contributed by atoms with Gasteiger partial charge in [0.25, 0.3) is 0 Å². The smallest absolute Gasteiger partial charge is 0.0540 e. The summed E-state index contributed by atoms with van der Waals surface area (Å²) in [5.41, 5.74) is 6.04. The van der Waals surface area contributed by atoms with Crippen LogP contribution in [0.15, 0.2) is 53.2 Å². The monoisotopic (exact) mass is 232 g/mol. The summed E-state index contributed by atoms with van der Waals surface area (Å²) < 4.78 is 0. The van der Waals surface area contributed by atoms with Crippen LogP contribution < -0.4 is 5.43 Å². The van der Waals surface area contributed by atoms with Crippen LogP contribution in [0.25, 0.3) is 0 Å². The summed E-state index contributed by atoms with van der Waals surface area (Å²) in [6.45, 7) is 15.0. The summed E-state index contributed by atoms with van der Waals surface area (Å²) in [5.74, 6) is 0. The lowest BCUT2D eigenvalue weighted by Crippen LogP contribution is -2.06. The van der Waals surface area contributed by atoms with E-state index in [2.05, 4.69) is 37.5 Å². The van der Waals surface area contributed by atoms with Crippen molar-refractivity contribution in [1.82, 2.24) is 5.43 Å². The van der Waals surface area contributed by atoms with Crippen LogP contribution in [0.1, 0.15) is 33.6 Å². The molecule has 0 spiro atoms. The maximum absolute atomic E-state index is 4.11. The Morgan fingerprint density at radius 1 is 1.24 bits per heavy atom. The van der Waals surface area contributed by atoms with E-state index in [9.17, 15) is 0 Å². The van der Waals surface area contributed by atoms with E-state index in [4.69, 9.17) is 0 Å². The summed E-state index contributed by atoms with van der Waals surface area (Å²) in [6.07, 6.45) is 9.86. The predicted octanol–water partition coefficient (Wildman–Crippen LogP) is 4.00. The van der Waals surface area contributed by atoms with Crippen LogP contribution in [0.2, 0.25) is 0 Å². The average molecular weight is 232 g/mol. The number of allylic oxidation sites excluding steroid dienone is 6. The molecule has 0 aromatic rings. The van der Waals surface area contributed by atoms with Gasteiger partial charge in [-0.2, -0.15) is 5.10 Å². The molecule has 0 aromatic heterocycles. The van der Waals surface area contributed by atoms with Crippen LogP contribution in [0, 0.1) is 0 Å². The molecule has 0 aliphatic rings. The zero-order valence-corrected chi connectivity index (χ0v) is 11.3. The second-order valence-corrected chi connectivity index (χ2v) is 3.78. The van der Waals surface area contributed by atoms with Gasteiger partial charge in [0.1, 0.15) is 0 Å². The van der Waals surface area contributed by atoms with E-state index in [0.717, 1.165) is 36.1 Å². The summed E-state index contributed by atoms with van der Waals surface area (Å²) in [4.78, 5) is 0. The van der Waals surface area contributed by atoms with Crippen molar-refractivity contribution in [2.24, 2.45) is 5.10 Å². The van der Waals surface area contributed by atoms with Crippen molar-refractivity contribution >= 4 is 6.21 Å². The minimum atomic E-state index is 0.886. The number of hydrogen-bond acceptors (Lipinski definition) is 2. The van der Waals surface area contributed by atoms with Gasteiger partial charge >= 0.3 is 0 Å². The molecule has 1 N–H and O–H groups in total. The molecule has 0 aliphatic heterocycles. The highest BCUT2D eigenvalue weighted by atomic mass is 15.3. The third kappa shape index (κ3) is 7.34. The van der Waals surface area contributed by atoms with Crippen molar-refractivity contribution in [1.29, 1.82) is 0 Å². The molecule has 0 saturated heterocycles. The van der Waals surface area contributed by atoms with Crippen LogP contribution in [-0.4, -0.2) is 12.8 Å². The molecule has 0 unspecified atom stereocenters. The third-order valence-corrected chi connectivity index (χ3v) is 2.31. The van der Waals surface area contributed by atoms with Gasteiger partial charge in [0, 0.05) is 6.54 Å². The molecular weight excluding hydrogens is 208 g/mol. The van der Waals surface area contributed by atoms with Crippen molar-refractivity contribution in [2.75, 3.05) is 6.54 Å². The number of nitrogens with one attached hydrogen (secondary N) is 1. The Kier molecular flexibility index (Phi) is 8.75. The largest absolute Gasteiger partial charge is 0.310 e. The highest BCUT2D eigenvalue weighted by Gasteiger charge is 1.94. The molecule has 0 aliphatic carbocycles. The van der Waals surface area contributed by atoms with Crippen LogP contribution in [0.5, 0.6) is 0 Å². The number of hydrazone groups is 1. The quantitative estimate of drug-likeness (QED) is 0.291. The van der Waals surface area contributed by atoms with E-state index >= 15 is 0 Å². The normalized spacial score (nSPS) is 12.3. The van der Waals surface area contributed by atoms with E-state index < -0.39 is 0 Å². The lowest BCUT2D eigenvalue weighted by molar-refractivity contribution is 0.719. The summed E-state index contributed by atoms with van der Waals surface area (Å²) in [5, 5.41) is 4.11. The minimum Gasteiger partial charge on any atom is -0.310 e. The maximum Gasteiger partial charge on any atom is 0.0540 e. The number of nitrogens with zero attached hydrogens (tertiary/aromatic N) is 1. The second-order valence-electron chi connectivity index (χ2n) is 3.78. The predicted molar refractivity (Wildman–Crippen MR) is 78.3 cm³/mol. The molecule has 0 heterocycles. The van der Waals surface area contributed by atoms with Crippen molar-refractivity contribution in [3.05, 3.63) is 48.1 Å². The molecule has 0 bridgehead atoms. The summed E-state index contributed by atoms with van der Waals surface area (Å²) >= 11 is 0. The van der Waals surface area contributed by atoms with E-state index in [1.165, 1.54) is 0 Å². The van der Waals surface area contributed by atoms with Gasteiger partial charge < -0.3 is 5.43 Å². The molecule has 0 atom stereocenters. The van der Waals surface area contributed by atoms with Crippen LogP contribution in [0.4, 0.5) is 0 Å². The van der Waals surface area contributed by atoms with E-state index in [1.807, 2.05) is 25.2 Å². The lowest BCUT2D eigenvalue weighted by Gasteiger charge is -2.01. The van der Waals surface area contributed by atoms with Crippen molar-refractivity contribution in [2.45, 2.75) is 33.6 Å². The first kappa shape index (κ1) is 15.4. The Balaban J connectivity index is 4.38. The van der Waals surface area contributed by atoms with Gasteiger partial charge in [-0.15, -0.1) is 0 Å². The number of hydrogen-bond donors (Lipinski definition) is 1. The van der Waals surface area contributed by atoms with Gasteiger partial charge in [0.05, 0.1) is 6.21 Å². The fourth-order valence-electron chi connectivity index (χ4n) is 1.09. The molecule has 0 aromatic carbocycles. The molecule has 0 saturated carbocycles. The van der Waals surface area contributed by atoms with Gasteiger partial charge in [-0.1, -0.05) is 50.8 Å². The molecule has 94 valence electrons. The number of rotatable bonds is 8. The maximum atomic E-state index is 4.11. The lowest BCUT2D eigenvalue weighted by atomic mass is 10.1.